The largest absolute Gasteiger partial charge is 0.487 e. The number of benzene rings is 1. The van der Waals surface area contributed by atoms with Crippen LogP contribution in [0, 0.1) is 5.92 Å². The van der Waals surface area contributed by atoms with E-state index >= 15 is 0 Å². The van der Waals surface area contributed by atoms with Crippen molar-refractivity contribution in [3.8, 4) is 5.75 Å². The molecule has 2 aliphatic heterocycles. The molecule has 0 N–H and O–H groups in total. The Morgan fingerprint density at radius 1 is 1.06 bits per heavy atom. The van der Waals surface area contributed by atoms with Crippen molar-refractivity contribution in [2.45, 2.75) is 77.2 Å². The number of carbonyl (C=O) groups excluding carboxylic acids is 2. The number of carbonyl (C=O) groups is 2. The smallest absolute Gasteiger partial charge is 0.410 e. The molecule has 170 valence electrons. The fraction of sp³-hybridized carbons (Fsp3) is 0.500. The second-order valence-corrected chi connectivity index (χ2v) is 9.84. The second-order valence-electron chi connectivity index (χ2n) is 9.84. The minimum Gasteiger partial charge on any atom is -0.487 e. The molecule has 6 heteroatoms. The number of pyridine rings is 1. The number of rotatable bonds is 5. The van der Waals surface area contributed by atoms with Crippen LogP contribution in [0.5, 0.6) is 5.75 Å². The molecule has 3 heterocycles. The topological polar surface area (TPSA) is 68.7 Å². The van der Waals surface area contributed by atoms with Gasteiger partial charge < -0.3 is 14.4 Å². The zero-order valence-corrected chi connectivity index (χ0v) is 19.1. The van der Waals surface area contributed by atoms with Crippen LogP contribution in [0.25, 0.3) is 0 Å². The molecule has 0 spiro atoms. The van der Waals surface area contributed by atoms with E-state index in [1.165, 1.54) is 0 Å². The van der Waals surface area contributed by atoms with Gasteiger partial charge in [0.25, 0.3) is 0 Å². The summed E-state index contributed by atoms with van der Waals surface area (Å²) in [4.78, 5) is 32.3. The minimum atomic E-state index is -0.524. The number of Topliss-reactive ketones (excluding diaryl/α,β-unsaturated/α-hetero) is 1. The van der Waals surface area contributed by atoms with Gasteiger partial charge in [-0.2, -0.15) is 0 Å². The third-order valence-corrected chi connectivity index (χ3v) is 6.20. The highest BCUT2D eigenvalue weighted by atomic mass is 16.6. The van der Waals surface area contributed by atoms with Gasteiger partial charge in [-0.15, -0.1) is 0 Å². The molecular weight excluding hydrogens is 404 g/mol. The van der Waals surface area contributed by atoms with Crippen molar-refractivity contribution in [1.82, 2.24) is 9.88 Å². The molecule has 32 heavy (non-hydrogen) atoms. The van der Waals surface area contributed by atoms with Gasteiger partial charge in [0.2, 0.25) is 0 Å². The average molecular weight is 437 g/mol. The summed E-state index contributed by atoms with van der Waals surface area (Å²) in [5, 5.41) is 0. The van der Waals surface area contributed by atoms with E-state index in [9.17, 15) is 9.59 Å². The van der Waals surface area contributed by atoms with E-state index in [0.29, 0.717) is 30.8 Å². The molecule has 1 amide bonds. The molecule has 2 saturated heterocycles. The zero-order valence-electron chi connectivity index (χ0n) is 19.1. The molecule has 0 radical (unpaired) electrons. The molecule has 2 aliphatic rings. The summed E-state index contributed by atoms with van der Waals surface area (Å²) >= 11 is 0. The Morgan fingerprint density at radius 3 is 2.41 bits per heavy atom. The normalized spacial score (nSPS) is 22.8. The molecule has 0 saturated carbocycles. The van der Waals surface area contributed by atoms with Crippen molar-refractivity contribution in [2.75, 3.05) is 0 Å². The van der Waals surface area contributed by atoms with Crippen molar-refractivity contribution in [1.29, 1.82) is 0 Å². The van der Waals surface area contributed by atoms with Crippen LogP contribution in [0.2, 0.25) is 0 Å². The van der Waals surface area contributed by atoms with Gasteiger partial charge in [0, 0.05) is 29.8 Å². The van der Waals surface area contributed by atoms with Crippen molar-refractivity contribution in [3.05, 3.63) is 59.9 Å². The molecule has 1 aromatic carbocycles. The van der Waals surface area contributed by atoms with E-state index in [0.717, 1.165) is 24.8 Å². The number of ketones is 1. The maximum absolute atomic E-state index is 13.3. The fourth-order valence-electron chi connectivity index (χ4n) is 4.82. The lowest BCUT2D eigenvalue weighted by Gasteiger charge is -2.48. The first-order chi connectivity index (χ1) is 15.3. The molecule has 1 aromatic heterocycles. The standard InChI is InChI=1S/C26H32N2O4/c1-26(2,3)32-25(30)28-21-10-7-11-22(28)13-19(12-21)24(29)20-14-23(16-27-15-20)31-17-18-8-5-4-6-9-18/h4-6,8-9,14-16,19,21-22H,7,10-13,17H2,1-3H3. The van der Waals surface area contributed by atoms with Crippen LogP contribution in [-0.4, -0.2) is 39.4 Å². The van der Waals surface area contributed by atoms with Gasteiger partial charge in [-0.05, 0) is 64.5 Å². The Hall–Kier alpha value is -2.89. The molecule has 4 rings (SSSR count). The van der Waals surface area contributed by atoms with Crippen molar-refractivity contribution in [3.63, 3.8) is 0 Å². The number of aromatic nitrogens is 1. The Morgan fingerprint density at radius 2 is 1.75 bits per heavy atom. The lowest BCUT2D eigenvalue weighted by Crippen LogP contribution is -2.56. The summed E-state index contributed by atoms with van der Waals surface area (Å²) in [6, 6.07) is 11.8. The molecule has 2 unspecified atom stereocenters. The maximum Gasteiger partial charge on any atom is 0.410 e. The van der Waals surface area contributed by atoms with E-state index in [1.54, 1.807) is 18.5 Å². The van der Waals surface area contributed by atoms with E-state index < -0.39 is 5.60 Å². The summed E-state index contributed by atoms with van der Waals surface area (Å²) in [5.41, 5.74) is 1.11. The van der Waals surface area contributed by atoms with Crippen LogP contribution in [0.15, 0.2) is 48.8 Å². The Balaban J connectivity index is 1.43. The third kappa shape index (κ3) is 5.29. The van der Waals surface area contributed by atoms with Crippen molar-refractivity contribution in [2.24, 2.45) is 5.92 Å². The van der Waals surface area contributed by atoms with Crippen LogP contribution in [0.4, 0.5) is 4.79 Å². The quantitative estimate of drug-likeness (QED) is 0.586. The van der Waals surface area contributed by atoms with Crippen molar-refractivity contribution >= 4 is 11.9 Å². The lowest BCUT2D eigenvalue weighted by atomic mass is 9.76. The van der Waals surface area contributed by atoms with Gasteiger partial charge in [0.1, 0.15) is 18.0 Å². The van der Waals surface area contributed by atoms with Gasteiger partial charge in [-0.25, -0.2) is 4.79 Å². The Kier molecular flexibility index (Phi) is 6.49. The van der Waals surface area contributed by atoms with E-state index in [2.05, 4.69) is 4.98 Å². The highest BCUT2D eigenvalue weighted by molar-refractivity contribution is 5.98. The number of piperidine rings is 2. The predicted octanol–water partition coefficient (Wildman–Crippen LogP) is 5.41. The maximum atomic E-state index is 13.3. The highest BCUT2D eigenvalue weighted by Gasteiger charge is 2.44. The molecule has 6 nitrogen and oxygen atoms in total. The minimum absolute atomic E-state index is 0.0526. The Bertz CT molecular complexity index is 940. The highest BCUT2D eigenvalue weighted by Crippen LogP contribution is 2.39. The molecule has 2 fully saturated rings. The number of hydrogen-bond donors (Lipinski definition) is 0. The lowest BCUT2D eigenvalue weighted by molar-refractivity contribution is -0.0260. The van der Waals surface area contributed by atoms with Gasteiger partial charge in [0.05, 0.1) is 6.20 Å². The first-order valence-corrected chi connectivity index (χ1v) is 11.5. The number of ether oxygens (including phenoxy) is 2. The second kappa shape index (κ2) is 9.31. The Labute approximate surface area is 189 Å². The predicted molar refractivity (Wildman–Crippen MR) is 122 cm³/mol. The number of fused-ring (bicyclic) bond motifs is 2. The fourth-order valence-corrected chi connectivity index (χ4v) is 4.82. The molecule has 2 atom stereocenters. The summed E-state index contributed by atoms with van der Waals surface area (Å²) in [5.74, 6) is 0.560. The first-order valence-electron chi connectivity index (χ1n) is 11.5. The van der Waals surface area contributed by atoms with Gasteiger partial charge in [-0.1, -0.05) is 30.3 Å². The number of hydrogen-bond acceptors (Lipinski definition) is 5. The summed E-state index contributed by atoms with van der Waals surface area (Å²) in [6.07, 6.45) is 7.26. The molecule has 0 aliphatic carbocycles. The molecular formula is C26H32N2O4. The summed E-state index contributed by atoms with van der Waals surface area (Å²) < 4.78 is 11.5. The van der Waals surface area contributed by atoms with E-state index in [4.69, 9.17) is 9.47 Å². The van der Waals surface area contributed by atoms with Gasteiger partial charge in [0.15, 0.2) is 5.78 Å². The average Bonchev–Trinajstić information content (AvgIpc) is 2.76. The summed E-state index contributed by atoms with van der Waals surface area (Å²) in [7, 11) is 0. The molecule has 2 bridgehead atoms. The van der Waals surface area contributed by atoms with Crippen LogP contribution in [0.1, 0.15) is 68.8 Å². The van der Waals surface area contributed by atoms with Crippen molar-refractivity contribution < 1.29 is 19.1 Å². The monoisotopic (exact) mass is 436 g/mol. The van der Waals surface area contributed by atoms with Crippen LogP contribution >= 0.6 is 0 Å². The van der Waals surface area contributed by atoms with Crippen LogP contribution < -0.4 is 4.74 Å². The van der Waals surface area contributed by atoms with E-state index in [-0.39, 0.29) is 29.9 Å². The number of nitrogens with zero attached hydrogens (tertiary/aromatic N) is 2. The molecule has 2 aromatic rings. The van der Waals surface area contributed by atoms with Gasteiger partial charge in [-0.3, -0.25) is 9.78 Å². The SMILES string of the molecule is CC(C)(C)OC(=O)N1C2CCCC1CC(C(=O)c1cncc(OCc3ccccc3)c1)C2. The van der Waals surface area contributed by atoms with Gasteiger partial charge >= 0.3 is 6.09 Å². The first kappa shape index (κ1) is 22.3. The third-order valence-electron chi connectivity index (χ3n) is 6.20. The van der Waals surface area contributed by atoms with Crippen LogP contribution in [0.3, 0.4) is 0 Å². The van der Waals surface area contributed by atoms with E-state index in [1.807, 2.05) is 56.0 Å². The number of amides is 1. The summed E-state index contributed by atoms with van der Waals surface area (Å²) in [6.45, 7) is 6.09. The van der Waals surface area contributed by atoms with Crippen LogP contribution in [-0.2, 0) is 11.3 Å². The zero-order chi connectivity index (χ0) is 22.7.